The van der Waals surface area contributed by atoms with Crippen LogP contribution in [-0.4, -0.2) is 41.0 Å². The third-order valence-corrected chi connectivity index (χ3v) is 4.95. The molecule has 1 amide bonds. The monoisotopic (exact) mass is 405 g/mol. The van der Waals surface area contributed by atoms with Crippen LogP contribution in [0.1, 0.15) is 28.9 Å². The van der Waals surface area contributed by atoms with Crippen LogP contribution in [0.3, 0.4) is 0 Å². The summed E-state index contributed by atoms with van der Waals surface area (Å²) in [6.45, 7) is 1.30. The molecule has 0 saturated carbocycles. The summed E-state index contributed by atoms with van der Waals surface area (Å²) in [5, 5.41) is 7.74. The third-order valence-electron chi connectivity index (χ3n) is 4.02. The van der Waals surface area contributed by atoms with Gasteiger partial charge in [-0.3, -0.25) is 4.79 Å². The third kappa shape index (κ3) is 5.80. The molecule has 0 aliphatic rings. The number of esters is 1. The van der Waals surface area contributed by atoms with E-state index in [1.807, 2.05) is 25.1 Å². The van der Waals surface area contributed by atoms with Gasteiger partial charge in [-0.05, 0) is 42.8 Å². The van der Waals surface area contributed by atoms with Crippen molar-refractivity contribution in [2.24, 2.45) is 5.14 Å². The lowest BCUT2D eigenvalue weighted by atomic mass is 10.1. The zero-order valence-electron chi connectivity index (χ0n) is 15.9. The van der Waals surface area contributed by atoms with Gasteiger partial charge in [-0.2, -0.15) is 0 Å². The SMILES string of the molecule is C[C@@H](NC(=O)COC(=O)c1cccc(N(C)C)c1)c1ccc(S(N)(=O)=O)cc1. The minimum absolute atomic E-state index is 0.0105. The number of carbonyl (C=O) groups is 2. The van der Waals surface area contributed by atoms with E-state index in [9.17, 15) is 18.0 Å². The van der Waals surface area contributed by atoms with Gasteiger partial charge in [-0.25, -0.2) is 18.4 Å². The summed E-state index contributed by atoms with van der Waals surface area (Å²) in [5.41, 5.74) is 1.88. The first kappa shape index (κ1) is 21.4. The maximum atomic E-state index is 12.1. The highest BCUT2D eigenvalue weighted by atomic mass is 32.2. The van der Waals surface area contributed by atoms with Gasteiger partial charge in [0.15, 0.2) is 6.61 Å². The molecule has 0 bridgehead atoms. The minimum Gasteiger partial charge on any atom is -0.452 e. The van der Waals surface area contributed by atoms with Gasteiger partial charge in [0, 0.05) is 19.8 Å². The fraction of sp³-hybridized carbons (Fsp3) is 0.263. The second-order valence-electron chi connectivity index (χ2n) is 6.42. The number of ether oxygens (including phenoxy) is 1. The van der Waals surface area contributed by atoms with E-state index < -0.39 is 34.5 Å². The lowest BCUT2D eigenvalue weighted by molar-refractivity contribution is -0.124. The Kier molecular flexibility index (Phi) is 6.76. The van der Waals surface area contributed by atoms with Gasteiger partial charge in [0.1, 0.15) is 0 Å². The molecule has 0 radical (unpaired) electrons. The number of benzene rings is 2. The van der Waals surface area contributed by atoms with Crippen molar-refractivity contribution in [1.29, 1.82) is 0 Å². The minimum atomic E-state index is -3.77. The number of nitrogens with two attached hydrogens (primary N) is 1. The molecule has 0 aliphatic heterocycles. The van der Waals surface area contributed by atoms with E-state index in [0.717, 1.165) is 5.69 Å². The number of primary sulfonamides is 1. The number of hydrogen-bond donors (Lipinski definition) is 2. The zero-order chi connectivity index (χ0) is 20.9. The smallest absolute Gasteiger partial charge is 0.338 e. The van der Waals surface area contributed by atoms with E-state index in [1.165, 1.54) is 12.1 Å². The molecular formula is C19H23N3O5S. The van der Waals surface area contributed by atoms with Crippen molar-refractivity contribution in [1.82, 2.24) is 5.32 Å². The fourth-order valence-electron chi connectivity index (χ4n) is 2.44. The largest absolute Gasteiger partial charge is 0.452 e. The molecule has 2 aromatic rings. The molecule has 0 unspecified atom stereocenters. The van der Waals surface area contributed by atoms with Gasteiger partial charge in [0.2, 0.25) is 10.0 Å². The molecule has 0 saturated heterocycles. The summed E-state index contributed by atoms with van der Waals surface area (Å²) >= 11 is 0. The summed E-state index contributed by atoms with van der Waals surface area (Å²) in [4.78, 5) is 26.0. The number of sulfonamides is 1. The van der Waals surface area contributed by atoms with E-state index in [4.69, 9.17) is 9.88 Å². The molecule has 0 spiro atoms. The standard InChI is InChI=1S/C19H23N3O5S/c1-13(14-7-9-17(10-8-14)28(20,25)26)21-18(23)12-27-19(24)15-5-4-6-16(11-15)22(2)3/h4-11,13H,12H2,1-3H3,(H,21,23)(H2,20,25,26)/t13-/m1/s1. The van der Waals surface area contributed by atoms with Gasteiger partial charge in [-0.15, -0.1) is 0 Å². The van der Waals surface area contributed by atoms with Gasteiger partial charge in [0.05, 0.1) is 16.5 Å². The quantitative estimate of drug-likeness (QED) is 0.673. The average molecular weight is 405 g/mol. The van der Waals surface area contributed by atoms with Gasteiger partial charge >= 0.3 is 5.97 Å². The Morgan fingerprint density at radius 1 is 1.14 bits per heavy atom. The molecule has 8 nitrogen and oxygen atoms in total. The van der Waals surface area contributed by atoms with Crippen molar-refractivity contribution in [3.8, 4) is 0 Å². The molecule has 0 fully saturated rings. The highest BCUT2D eigenvalue weighted by molar-refractivity contribution is 7.89. The Morgan fingerprint density at radius 3 is 2.36 bits per heavy atom. The predicted molar refractivity (Wildman–Crippen MR) is 105 cm³/mol. The lowest BCUT2D eigenvalue weighted by Crippen LogP contribution is -2.31. The van der Waals surface area contributed by atoms with Gasteiger partial charge in [-0.1, -0.05) is 18.2 Å². The van der Waals surface area contributed by atoms with E-state index in [1.54, 1.807) is 37.3 Å². The van der Waals surface area contributed by atoms with Crippen LogP contribution in [-0.2, 0) is 19.6 Å². The molecule has 2 rings (SSSR count). The molecule has 2 aromatic carbocycles. The molecule has 3 N–H and O–H groups in total. The second-order valence-corrected chi connectivity index (χ2v) is 7.99. The first-order valence-electron chi connectivity index (χ1n) is 8.44. The Hall–Kier alpha value is -2.91. The van der Waals surface area contributed by atoms with Crippen LogP contribution >= 0.6 is 0 Å². The van der Waals surface area contributed by atoms with Crippen LogP contribution in [0.5, 0.6) is 0 Å². The molecular weight excluding hydrogens is 382 g/mol. The Bertz CT molecular complexity index is 956. The first-order chi connectivity index (χ1) is 13.1. The molecule has 0 aliphatic carbocycles. The van der Waals surface area contributed by atoms with Crippen LogP contribution < -0.4 is 15.4 Å². The number of amides is 1. The summed E-state index contributed by atoms with van der Waals surface area (Å²) < 4.78 is 27.6. The summed E-state index contributed by atoms with van der Waals surface area (Å²) in [7, 11) is -0.0574. The highest BCUT2D eigenvalue weighted by Gasteiger charge is 2.15. The lowest BCUT2D eigenvalue weighted by Gasteiger charge is -2.15. The summed E-state index contributed by atoms with van der Waals surface area (Å²) in [5.74, 6) is -1.07. The maximum Gasteiger partial charge on any atom is 0.338 e. The molecule has 0 heterocycles. The molecule has 0 aromatic heterocycles. The van der Waals surface area contributed by atoms with Crippen molar-refractivity contribution >= 4 is 27.6 Å². The molecule has 9 heteroatoms. The van der Waals surface area contributed by atoms with Crippen LogP contribution in [0.25, 0.3) is 0 Å². The second kappa shape index (κ2) is 8.85. The van der Waals surface area contributed by atoms with Crippen LogP contribution in [0.4, 0.5) is 5.69 Å². The van der Waals surface area contributed by atoms with E-state index in [-0.39, 0.29) is 4.90 Å². The summed E-state index contributed by atoms with van der Waals surface area (Å²) in [6.07, 6.45) is 0. The number of rotatable bonds is 7. The van der Waals surface area contributed by atoms with Crippen LogP contribution in [0, 0.1) is 0 Å². The van der Waals surface area contributed by atoms with Crippen LogP contribution in [0.15, 0.2) is 53.4 Å². The van der Waals surface area contributed by atoms with E-state index in [0.29, 0.717) is 11.1 Å². The van der Waals surface area contributed by atoms with Crippen molar-refractivity contribution in [2.75, 3.05) is 25.6 Å². The Balaban J connectivity index is 1.91. The topological polar surface area (TPSA) is 119 Å². The highest BCUT2D eigenvalue weighted by Crippen LogP contribution is 2.16. The normalized spacial score (nSPS) is 12.1. The van der Waals surface area contributed by atoms with Crippen molar-refractivity contribution in [3.05, 3.63) is 59.7 Å². The number of anilines is 1. The number of nitrogens with one attached hydrogen (secondary N) is 1. The van der Waals surface area contributed by atoms with E-state index >= 15 is 0 Å². The number of nitrogens with zero attached hydrogens (tertiary/aromatic N) is 1. The van der Waals surface area contributed by atoms with Crippen LogP contribution in [0.2, 0.25) is 0 Å². The average Bonchev–Trinajstić information content (AvgIpc) is 2.65. The van der Waals surface area contributed by atoms with Crippen molar-refractivity contribution < 1.29 is 22.7 Å². The van der Waals surface area contributed by atoms with E-state index in [2.05, 4.69) is 5.32 Å². The zero-order valence-corrected chi connectivity index (χ0v) is 16.7. The Morgan fingerprint density at radius 2 is 1.79 bits per heavy atom. The molecule has 28 heavy (non-hydrogen) atoms. The van der Waals surface area contributed by atoms with Gasteiger partial charge in [0.25, 0.3) is 5.91 Å². The first-order valence-corrected chi connectivity index (χ1v) is 9.99. The van der Waals surface area contributed by atoms with Crippen molar-refractivity contribution in [2.45, 2.75) is 17.9 Å². The molecule has 150 valence electrons. The molecule has 1 atom stereocenters. The number of carbonyl (C=O) groups excluding carboxylic acids is 2. The number of hydrogen-bond acceptors (Lipinski definition) is 6. The summed E-state index contributed by atoms with van der Waals surface area (Å²) in [6, 6.07) is 12.3. The van der Waals surface area contributed by atoms with Gasteiger partial charge < -0.3 is 15.0 Å². The maximum absolute atomic E-state index is 12.1. The van der Waals surface area contributed by atoms with Crippen molar-refractivity contribution in [3.63, 3.8) is 0 Å². The fourth-order valence-corrected chi connectivity index (χ4v) is 2.95. The Labute approximate surface area is 164 Å². The predicted octanol–water partition coefficient (Wildman–Crippen LogP) is 1.43.